The van der Waals surface area contributed by atoms with Crippen molar-refractivity contribution in [2.45, 2.75) is 19.4 Å². The Morgan fingerprint density at radius 2 is 1.69 bits per heavy atom. The highest BCUT2D eigenvalue weighted by molar-refractivity contribution is 6.31. The average molecular weight is 412 g/mol. The maximum absolute atomic E-state index is 13.4. The van der Waals surface area contributed by atoms with Crippen LogP contribution in [0.2, 0.25) is 5.02 Å². The lowest BCUT2D eigenvalue weighted by Crippen LogP contribution is -2.29. The molecule has 1 heterocycles. The average Bonchev–Trinajstić information content (AvgIpc) is 2.95. The molecule has 1 saturated heterocycles. The molecule has 2 amide bonds. The molecule has 2 aromatic carbocycles. The van der Waals surface area contributed by atoms with Gasteiger partial charge in [-0.3, -0.25) is 19.3 Å². The number of carbonyl (C=O) groups excluding carboxylic acids is 3. The molecule has 0 bridgehead atoms. The minimum Gasteiger partial charge on any atom is -0.504 e. The molecular weight excluding hydrogens is 397 g/mol. The van der Waals surface area contributed by atoms with Gasteiger partial charge in [-0.05, 0) is 35.8 Å². The Balaban J connectivity index is 1.77. The summed E-state index contributed by atoms with van der Waals surface area (Å²) in [6, 6.07) is 12.6. The van der Waals surface area contributed by atoms with Gasteiger partial charge >= 0.3 is 0 Å². The number of hydrogen-bond acceptors (Lipinski definition) is 4. The van der Waals surface area contributed by atoms with Gasteiger partial charge in [0.15, 0.2) is 5.76 Å². The van der Waals surface area contributed by atoms with Crippen molar-refractivity contribution in [3.05, 3.63) is 93.0 Å². The normalized spacial score (nSPS) is 19.3. The Morgan fingerprint density at radius 1 is 1.03 bits per heavy atom. The summed E-state index contributed by atoms with van der Waals surface area (Å²) in [4.78, 5) is 39.6. The van der Waals surface area contributed by atoms with Crippen molar-refractivity contribution >= 4 is 29.2 Å². The highest BCUT2D eigenvalue weighted by atomic mass is 35.5. The van der Waals surface area contributed by atoms with E-state index in [0.717, 1.165) is 11.0 Å². The van der Waals surface area contributed by atoms with Crippen LogP contribution in [0.15, 0.2) is 71.0 Å². The second-order valence-corrected chi connectivity index (χ2v) is 7.34. The van der Waals surface area contributed by atoms with Gasteiger partial charge in [-0.25, -0.2) is 4.39 Å². The van der Waals surface area contributed by atoms with Crippen molar-refractivity contribution in [2.24, 2.45) is 0 Å². The van der Waals surface area contributed by atoms with Crippen molar-refractivity contribution in [1.82, 2.24) is 4.90 Å². The van der Waals surface area contributed by atoms with Crippen LogP contribution in [0.1, 0.15) is 24.0 Å². The van der Waals surface area contributed by atoms with Crippen molar-refractivity contribution in [1.29, 1.82) is 0 Å². The summed E-state index contributed by atoms with van der Waals surface area (Å²) < 4.78 is 13.4. The first-order chi connectivity index (χ1) is 13.8. The Kier molecular flexibility index (Phi) is 4.59. The number of benzene rings is 2. The fourth-order valence-corrected chi connectivity index (χ4v) is 3.98. The number of carbonyl (C=O) groups is 3. The van der Waals surface area contributed by atoms with E-state index in [2.05, 4.69) is 0 Å². The standard InChI is InChI=1S/C22H15ClFNO4/c1-11-16(13-5-3-2-4-6-13)19(26)20(27)18-17(11)21(28)25(22(18)29)10-12-7-8-15(24)14(23)9-12/h2-9,16,27H,10H2,1H3. The van der Waals surface area contributed by atoms with Crippen molar-refractivity contribution in [3.63, 3.8) is 0 Å². The van der Waals surface area contributed by atoms with E-state index < -0.39 is 35.1 Å². The van der Waals surface area contributed by atoms with E-state index in [1.807, 2.05) is 0 Å². The second-order valence-electron chi connectivity index (χ2n) is 6.93. The third-order valence-electron chi connectivity index (χ3n) is 5.19. The highest BCUT2D eigenvalue weighted by Gasteiger charge is 2.48. The molecule has 2 aliphatic rings. The Morgan fingerprint density at radius 3 is 2.34 bits per heavy atom. The van der Waals surface area contributed by atoms with E-state index in [4.69, 9.17) is 11.6 Å². The molecular formula is C22H15ClFNO4. The first-order valence-corrected chi connectivity index (χ1v) is 9.22. The summed E-state index contributed by atoms with van der Waals surface area (Å²) in [7, 11) is 0. The smallest absolute Gasteiger partial charge is 0.265 e. The van der Waals surface area contributed by atoms with Crippen LogP contribution in [0.25, 0.3) is 0 Å². The fraction of sp³-hybridized carbons (Fsp3) is 0.136. The fourth-order valence-electron chi connectivity index (χ4n) is 3.77. The quantitative estimate of drug-likeness (QED) is 0.779. The molecule has 29 heavy (non-hydrogen) atoms. The summed E-state index contributed by atoms with van der Waals surface area (Å²) in [5, 5.41) is 10.3. The minimum absolute atomic E-state index is 0.0363. The van der Waals surface area contributed by atoms with Gasteiger partial charge in [0, 0.05) is 0 Å². The van der Waals surface area contributed by atoms with Gasteiger partial charge in [-0.2, -0.15) is 0 Å². The van der Waals surface area contributed by atoms with Gasteiger partial charge in [0.2, 0.25) is 5.78 Å². The van der Waals surface area contributed by atoms with Crippen LogP contribution < -0.4 is 0 Å². The SMILES string of the molecule is CC1=C2C(=O)N(Cc3ccc(F)c(Cl)c3)C(=O)C2=C(O)C(=O)C1c1ccccc1. The number of fused-ring (bicyclic) bond motifs is 1. The van der Waals surface area contributed by atoms with Crippen molar-refractivity contribution in [2.75, 3.05) is 0 Å². The number of ketones is 1. The van der Waals surface area contributed by atoms with Gasteiger partial charge < -0.3 is 5.11 Å². The van der Waals surface area contributed by atoms with Crippen LogP contribution >= 0.6 is 11.6 Å². The molecule has 1 aliphatic carbocycles. The predicted molar refractivity (Wildman–Crippen MR) is 104 cm³/mol. The van der Waals surface area contributed by atoms with Crippen LogP contribution in [0.5, 0.6) is 0 Å². The summed E-state index contributed by atoms with van der Waals surface area (Å²) >= 11 is 5.78. The summed E-state index contributed by atoms with van der Waals surface area (Å²) in [5.41, 5.74) is 1.23. The number of aliphatic hydroxyl groups excluding tert-OH is 1. The number of rotatable bonds is 3. The van der Waals surface area contributed by atoms with E-state index in [-0.39, 0.29) is 22.7 Å². The Bertz CT molecular complexity index is 1140. The molecule has 0 spiro atoms. The topological polar surface area (TPSA) is 74.7 Å². The molecule has 1 unspecified atom stereocenters. The molecule has 0 radical (unpaired) electrons. The minimum atomic E-state index is -0.841. The van der Waals surface area contributed by atoms with Gasteiger partial charge in [-0.15, -0.1) is 0 Å². The Hall–Kier alpha value is -3.25. The zero-order valence-electron chi connectivity index (χ0n) is 15.3. The number of halogens is 2. The van der Waals surface area contributed by atoms with Gasteiger partial charge in [-0.1, -0.05) is 48.0 Å². The van der Waals surface area contributed by atoms with Gasteiger partial charge in [0.1, 0.15) is 5.82 Å². The Labute approximate surface area is 170 Å². The molecule has 1 aliphatic heterocycles. The number of amides is 2. The zero-order valence-corrected chi connectivity index (χ0v) is 16.0. The summed E-state index contributed by atoms with van der Waals surface area (Å²) in [5.74, 6) is -4.16. The number of hydrogen-bond donors (Lipinski definition) is 1. The number of nitrogens with zero attached hydrogens (tertiary/aromatic N) is 1. The molecule has 1 N–H and O–H groups in total. The lowest BCUT2D eigenvalue weighted by molar-refractivity contribution is -0.137. The molecule has 4 rings (SSSR count). The number of imide groups is 1. The highest BCUT2D eigenvalue weighted by Crippen LogP contribution is 2.42. The van der Waals surface area contributed by atoms with E-state index in [0.29, 0.717) is 16.7 Å². The second kappa shape index (κ2) is 6.97. The molecule has 2 aromatic rings. The van der Waals surface area contributed by atoms with E-state index in [9.17, 15) is 23.9 Å². The number of Topliss-reactive ketones (excluding diaryl/α,β-unsaturated/α-hetero) is 1. The van der Waals surface area contributed by atoms with Gasteiger partial charge in [0.05, 0.1) is 28.6 Å². The van der Waals surface area contributed by atoms with Gasteiger partial charge in [0.25, 0.3) is 11.8 Å². The lowest BCUT2D eigenvalue weighted by Gasteiger charge is -2.23. The number of likely N-dealkylation sites (tertiary alicyclic amines) is 1. The van der Waals surface area contributed by atoms with Crippen LogP contribution in [0.4, 0.5) is 4.39 Å². The molecule has 1 atom stereocenters. The van der Waals surface area contributed by atoms with E-state index in [1.165, 1.54) is 12.1 Å². The monoisotopic (exact) mass is 411 g/mol. The van der Waals surface area contributed by atoms with Crippen molar-refractivity contribution < 1.29 is 23.9 Å². The van der Waals surface area contributed by atoms with E-state index >= 15 is 0 Å². The maximum Gasteiger partial charge on any atom is 0.265 e. The van der Waals surface area contributed by atoms with Crippen LogP contribution in [0.3, 0.4) is 0 Å². The predicted octanol–water partition coefficient (Wildman–Crippen LogP) is 3.84. The molecule has 7 heteroatoms. The third-order valence-corrected chi connectivity index (χ3v) is 5.48. The molecule has 0 aromatic heterocycles. The maximum atomic E-state index is 13.4. The van der Waals surface area contributed by atoms with Crippen LogP contribution in [-0.4, -0.2) is 27.6 Å². The number of aliphatic hydroxyl groups is 1. The summed E-state index contributed by atoms with van der Waals surface area (Å²) in [6.45, 7) is 1.45. The first-order valence-electron chi connectivity index (χ1n) is 8.85. The zero-order chi connectivity index (χ0) is 20.9. The molecule has 146 valence electrons. The third kappa shape index (κ3) is 2.96. The molecule has 1 fully saturated rings. The summed E-state index contributed by atoms with van der Waals surface area (Å²) in [6.07, 6.45) is 0. The van der Waals surface area contributed by atoms with Crippen LogP contribution in [-0.2, 0) is 20.9 Å². The lowest BCUT2D eigenvalue weighted by atomic mass is 9.78. The molecule has 0 saturated carbocycles. The first kappa shape index (κ1) is 19.1. The van der Waals surface area contributed by atoms with Crippen LogP contribution in [0, 0.1) is 5.82 Å². The largest absolute Gasteiger partial charge is 0.504 e. The van der Waals surface area contributed by atoms with Crippen molar-refractivity contribution in [3.8, 4) is 0 Å². The molecule has 5 nitrogen and oxygen atoms in total. The number of allylic oxidation sites excluding steroid dienone is 2. The van der Waals surface area contributed by atoms with E-state index in [1.54, 1.807) is 37.3 Å².